The van der Waals surface area contributed by atoms with Crippen molar-refractivity contribution in [2.75, 3.05) is 11.9 Å². The van der Waals surface area contributed by atoms with E-state index in [-0.39, 0.29) is 18.5 Å². The third-order valence-corrected chi connectivity index (χ3v) is 5.31. The van der Waals surface area contributed by atoms with E-state index in [0.29, 0.717) is 30.1 Å². The van der Waals surface area contributed by atoms with E-state index in [0.717, 1.165) is 36.8 Å². The first-order valence-corrected chi connectivity index (χ1v) is 10.4. The average molecular weight is 408 g/mol. The number of hydrogen-bond donors (Lipinski definition) is 2. The summed E-state index contributed by atoms with van der Waals surface area (Å²) in [6, 6.07) is 14.7. The zero-order valence-corrected chi connectivity index (χ0v) is 17.3. The van der Waals surface area contributed by atoms with Gasteiger partial charge >= 0.3 is 5.97 Å². The van der Waals surface area contributed by atoms with Crippen LogP contribution in [0, 0.1) is 12.8 Å². The van der Waals surface area contributed by atoms with Gasteiger partial charge in [-0.15, -0.1) is 0 Å². The summed E-state index contributed by atoms with van der Waals surface area (Å²) in [6.45, 7) is 2.04. The van der Waals surface area contributed by atoms with Gasteiger partial charge in [0.1, 0.15) is 0 Å². The second kappa shape index (κ2) is 10.6. The van der Waals surface area contributed by atoms with Crippen molar-refractivity contribution < 1.29 is 19.1 Å². The Hall–Kier alpha value is -3.15. The van der Waals surface area contributed by atoms with E-state index < -0.39 is 5.91 Å². The molecule has 0 spiro atoms. The molecular weight excluding hydrogens is 380 g/mol. The lowest BCUT2D eigenvalue weighted by molar-refractivity contribution is -0.148. The molecule has 0 atom stereocenters. The van der Waals surface area contributed by atoms with Gasteiger partial charge in [0.25, 0.3) is 11.8 Å². The predicted molar refractivity (Wildman–Crippen MR) is 115 cm³/mol. The molecule has 0 heterocycles. The van der Waals surface area contributed by atoms with Crippen molar-refractivity contribution in [3.05, 3.63) is 65.2 Å². The summed E-state index contributed by atoms with van der Waals surface area (Å²) >= 11 is 0. The molecule has 6 heteroatoms. The Balaban J connectivity index is 1.50. The van der Waals surface area contributed by atoms with Crippen LogP contribution in [0.2, 0.25) is 0 Å². The lowest BCUT2D eigenvalue weighted by Gasteiger charge is -2.12. The first-order valence-electron chi connectivity index (χ1n) is 10.4. The molecule has 1 saturated carbocycles. The number of aryl methyl sites for hydroxylation is 1. The highest BCUT2D eigenvalue weighted by Gasteiger charge is 2.20. The molecular formula is C24H28N2O4. The summed E-state index contributed by atoms with van der Waals surface area (Å²) < 4.78 is 5.10. The monoisotopic (exact) mass is 408 g/mol. The summed E-state index contributed by atoms with van der Waals surface area (Å²) in [5.74, 6) is -0.724. The Morgan fingerprint density at radius 3 is 2.43 bits per heavy atom. The Bertz CT molecular complexity index is 886. The maximum atomic E-state index is 12.6. The Kier molecular flexibility index (Phi) is 7.60. The molecule has 0 bridgehead atoms. The Morgan fingerprint density at radius 1 is 1.00 bits per heavy atom. The van der Waals surface area contributed by atoms with Crippen LogP contribution in [-0.2, 0) is 20.9 Å². The van der Waals surface area contributed by atoms with E-state index in [9.17, 15) is 14.4 Å². The van der Waals surface area contributed by atoms with Gasteiger partial charge in [0.15, 0.2) is 6.61 Å². The van der Waals surface area contributed by atoms with E-state index in [2.05, 4.69) is 10.6 Å². The standard InChI is InChI=1S/C24H28N2O4/c1-17-10-12-19(13-11-17)15-25-24(29)20-8-4-5-9-21(20)26-22(27)16-30-23(28)14-18-6-2-3-7-18/h4-5,8-13,18H,2-3,6-7,14-16H2,1H3,(H,25,29)(H,26,27). The van der Waals surface area contributed by atoms with Crippen LogP contribution in [0.3, 0.4) is 0 Å². The normalized spacial score (nSPS) is 13.6. The van der Waals surface area contributed by atoms with Crippen LogP contribution in [0.25, 0.3) is 0 Å². The SMILES string of the molecule is Cc1ccc(CNC(=O)c2ccccc2NC(=O)COC(=O)CC2CCCC2)cc1. The van der Waals surface area contributed by atoms with Crippen molar-refractivity contribution in [1.82, 2.24) is 5.32 Å². The van der Waals surface area contributed by atoms with Crippen molar-refractivity contribution in [3.63, 3.8) is 0 Å². The molecule has 0 saturated heterocycles. The van der Waals surface area contributed by atoms with Gasteiger partial charge < -0.3 is 15.4 Å². The maximum absolute atomic E-state index is 12.6. The third-order valence-electron chi connectivity index (χ3n) is 5.31. The molecule has 1 aliphatic carbocycles. The fourth-order valence-electron chi connectivity index (χ4n) is 3.62. The first-order chi connectivity index (χ1) is 14.5. The summed E-state index contributed by atoms with van der Waals surface area (Å²) in [4.78, 5) is 36.7. The van der Waals surface area contributed by atoms with Gasteiger partial charge in [-0.25, -0.2) is 0 Å². The van der Waals surface area contributed by atoms with Crippen molar-refractivity contribution >= 4 is 23.5 Å². The minimum absolute atomic E-state index is 0.287. The number of carbonyl (C=O) groups excluding carboxylic acids is 3. The summed E-state index contributed by atoms with van der Waals surface area (Å²) in [5.41, 5.74) is 2.89. The molecule has 0 aromatic heterocycles. The number of rotatable bonds is 8. The predicted octanol–water partition coefficient (Wildman–Crippen LogP) is 3.99. The second-order valence-corrected chi connectivity index (χ2v) is 7.78. The van der Waals surface area contributed by atoms with Crippen LogP contribution < -0.4 is 10.6 Å². The van der Waals surface area contributed by atoms with Gasteiger partial charge in [0.05, 0.1) is 11.3 Å². The van der Waals surface area contributed by atoms with Crippen LogP contribution in [0.1, 0.15) is 53.6 Å². The lowest BCUT2D eigenvalue weighted by Crippen LogP contribution is -2.26. The molecule has 6 nitrogen and oxygen atoms in total. The number of para-hydroxylation sites is 1. The Labute approximate surface area is 177 Å². The Morgan fingerprint density at radius 2 is 1.70 bits per heavy atom. The highest BCUT2D eigenvalue weighted by molar-refractivity contribution is 6.04. The average Bonchev–Trinajstić information content (AvgIpc) is 3.25. The first kappa shape index (κ1) is 21.6. The molecule has 0 unspecified atom stereocenters. The van der Waals surface area contributed by atoms with Crippen LogP contribution in [0.5, 0.6) is 0 Å². The fourth-order valence-corrected chi connectivity index (χ4v) is 3.62. The summed E-state index contributed by atoms with van der Waals surface area (Å²) in [6.07, 6.45) is 4.77. The molecule has 158 valence electrons. The molecule has 0 radical (unpaired) electrons. The van der Waals surface area contributed by atoms with Gasteiger partial charge in [0, 0.05) is 13.0 Å². The molecule has 2 N–H and O–H groups in total. The van der Waals surface area contributed by atoms with E-state index in [1.54, 1.807) is 24.3 Å². The molecule has 2 aromatic carbocycles. The van der Waals surface area contributed by atoms with E-state index in [1.807, 2.05) is 31.2 Å². The molecule has 2 aromatic rings. The quantitative estimate of drug-likeness (QED) is 0.647. The zero-order valence-electron chi connectivity index (χ0n) is 17.3. The molecule has 0 aliphatic heterocycles. The number of carbonyl (C=O) groups is 3. The number of ether oxygens (including phenoxy) is 1. The maximum Gasteiger partial charge on any atom is 0.306 e. The lowest BCUT2D eigenvalue weighted by atomic mass is 10.0. The topological polar surface area (TPSA) is 84.5 Å². The fraction of sp³-hybridized carbons (Fsp3) is 0.375. The number of benzene rings is 2. The second-order valence-electron chi connectivity index (χ2n) is 7.78. The van der Waals surface area contributed by atoms with Crippen LogP contribution in [0.4, 0.5) is 5.69 Å². The molecule has 3 rings (SSSR count). The van der Waals surface area contributed by atoms with E-state index >= 15 is 0 Å². The van der Waals surface area contributed by atoms with Gasteiger partial charge in [-0.2, -0.15) is 0 Å². The van der Waals surface area contributed by atoms with E-state index in [1.165, 1.54) is 0 Å². The van der Waals surface area contributed by atoms with Crippen molar-refractivity contribution in [2.45, 2.75) is 45.6 Å². The van der Waals surface area contributed by atoms with Gasteiger partial charge in [-0.1, -0.05) is 54.8 Å². The van der Waals surface area contributed by atoms with Crippen LogP contribution in [-0.4, -0.2) is 24.4 Å². The molecule has 30 heavy (non-hydrogen) atoms. The molecule has 1 fully saturated rings. The van der Waals surface area contributed by atoms with E-state index in [4.69, 9.17) is 4.74 Å². The minimum atomic E-state index is -0.464. The highest BCUT2D eigenvalue weighted by Crippen LogP contribution is 2.27. The smallest absolute Gasteiger partial charge is 0.306 e. The van der Waals surface area contributed by atoms with Crippen LogP contribution in [0.15, 0.2) is 48.5 Å². The van der Waals surface area contributed by atoms with Crippen molar-refractivity contribution in [2.24, 2.45) is 5.92 Å². The number of anilines is 1. The number of hydrogen-bond acceptors (Lipinski definition) is 4. The summed E-state index contributed by atoms with van der Waals surface area (Å²) in [5, 5.41) is 5.53. The van der Waals surface area contributed by atoms with Gasteiger partial charge in [-0.05, 0) is 43.4 Å². The number of esters is 1. The van der Waals surface area contributed by atoms with Crippen molar-refractivity contribution in [3.8, 4) is 0 Å². The molecule has 1 aliphatic rings. The highest BCUT2D eigenvalue weighted by atomic mass is 16.5. The van der Waals surface area contributed by atoms with Gasteiger partial charge in [-0.3, -0.25) is 14.4 Å². The largest absolute Gasteiger partial charge is 0.456 e. The van der Waals surface area contributed by atoms with Gasteiger partial charge in [0.2, 0.25) is 0 Å². The van der Waals surface area contributed by atoms with Crippen molar-refractivity contribution in [1.29, 1.82) is 0 Å². The number of nitrogens with one attached hydrogen (secondary N) is 2. The third kappa shape index (κ3) is 6.44. The molecule has 2 amide bonds. The van der Waals surface area contributed by atoms with Crippen LogP contribution >= 0.6 is 0 Å². The number of amides is 2. The summed E-state index contributed by atoms with van der Waals surface area (Å²) in [7, 11) is 0. The minimum Gasteiger partial charge on any atom is -0.456 e. The zero-order chi connectivity index (χ0) is 21.3.